The van der Waals surface area contributed by atoms with Crippen molar-refractivity contribution in [3.05, 3.63) is 29.8 Å². The standard InChI is InChI=1S/C18H21NO6/c1-4-24-17(22)12-6-8-13(9-7-12)19-15(21)10-14(11(3)20)16(19)18(23)25-5-2/h6-9,14,16H,4-5,10H2,1-3H3/t14-,16-/m1/s1. The molecule has 1 aromatic carbocycles. The fourth-order valence-corrected chi connectivity index (χ4v) is 2.87. The number of hydrogen-bond donors (Lipinski definition) is 0. The minimum atomic E-state index is -0.988. The molecule has 0 saturated carbocycles. The van der Waals surface area contributed by atoms with E-state index in [1.807, 2.05) is 0 Å². The van der Waals surface area contributed by atoms with Crippen LogP contribution < -0.4 is 4.90 Å². The van der Waals surface area contributed by atoms with E-state index in [-0.39, 0.29) is 31.3 Å². The average Bonchev–Trinajstić information content (AvgIpc) is 2.93. The number of ether oxygens (including phenoxy) is 2. The Morgan fingerprint density at radius 1 is 1.08 bits per heavy atom. The van der Waals surface area contributed by atoms with E-state index in [1.54, 1.807) is 26.0 Å². The number of carbonyl (C=O) groups excluding carboxylic acids is 4. The fourth-order valence-electron chi connectivity index (χ4n) is 2.87. The Hall–Kier alpha value is -2.70. The Balaban J connectivity index is 2.33. The van der Waals surface area contributed by atoms with Crippen LogP contribution in [0.1, 0.15) is 37.6 Å². The average molecular weight is 347 g/mol. The number of anilines is 1. The van der Waals surface area contributed by atoms with Crippen LogP contribution in [0.3, 0.4) is 0 Å². The Morgan fingerprint density at radius 2 is 1.68 bits per heavy atom. The second-order valence-electron chi connectivity index (χ2n) is 5.65. The molecule has 1 fully saturated rings. The molecule has 134 valence electrons. The van der Waals surface area contributed by atoms with Crippen LogP contribution in [0.4, 0.5) is 5.69 Å². The van der Waals surface area contributed by atoms with Gasteiger partial charge in [-0.25, -0.2) is 9.59 Å². The first-order chi connectivity index (χ1) is 11.9. The molecule has 0 spiro atoms. The second kappa shape index (κ2) is 7.92. The maximum absolute atomic E-state index is 12.4. The predicted octanol–water partition coefficient (Wildman–Crippen LogP) is 1.74. The third-order valence-electron chi connectivity index (χ3n) is 4.03. The Labute approximate surface area is 145 Å². The highest BCUT2D eigenvalue weighted by molar-refractivity contribution is 6.08. The maximum atomic E-state index is 12.4. The van der Waals surface area contributed by atoms with Crippen LogP contribution in [0.2, 0.25) is 0 Å². The van der Waals surface area contributed by atoms with Crippen molar-refractivity contribution >= 4 is 29.3 Å². The van der Waals surface area contributed by atoms with E-state index in [1.165, 1.54) is 24.0 Å². The summed E-state index contributed by atoms with van der Waals surface area (Å²) < 4.78 is 9.96. The van der Waals surface area contributed by atoms with Gasteiger partial charge in [-0.05, 0) is 45.0 Å². The van der Waals surface area contributed by atoms with Gasteiger partial charge in [-0.1, -0.05) is 0 Å². The third kappa shape index (κ3) is 3.87. The van der Waals surface area contributed by atoms with E-state index in [4.69, 9.17) is 9.47 Å². The lowest BCUT2D eigenvalue weighted by molar-refractivity contribution is -0.147. The first kappa shape index (κ1) is 18.6. The number of ketones is 1. The van der Waals surface area contributed by atoms with Gasteiger partial charge in [0, 0.05) is 12.1 Å². The van der Waals surface area contributed by atoms with Crippen molar-refractivity contribution in [2.45, 2.75) is 33.2 Å². The summed E-state index contributed by atoms with van der Waals surface area (Å²) in [4.78, 5) is 49.6. The highest BCUT2D eigenvalue weighted by atomic mass is 16.5. The van der Waals surface area contributed by atoms with Gasteiger partial charge in [-0.2, -0.15) is 0 Å². The number of rotatable bonds is 6. The molecular formula is C18H21NO6. The molecule has 2 rings (SSSR count). The van der Waals surface area contributed by atoms with Gasteiger partial charge in [0.2, 0.25) is 5.91 Å². The SMILES string of the molecule is CCOC(=O)c1ccc(N2C(=O)C[C@H](C(C)=O)[C@@H]2C(=O)OCC)cc1. The molecule has 0 N–H and O–H groups in total. The summed E-state index contributed by atoms with van der Waals surface area (Å²) >= 11 is 0. The zero-order valence-corrected chi connectivity index (χ0v) is 14.5. The predicted molar refractivity (Wildman–Crippen MR) is 89.1 cm³/mol. The van der Waals surface area contributed by atoms with Crippen LogP contribution in [0.15, 0.2) is 24.3 Å². The quantitative estimate of drug-likeness (QED) is 0.728. The van der Waals surface area contributed by atoms with Crippen molar-refractivity contribution < 1.29 is 28.7 Å². The molecule has 0 aromatic heterocycles. The van der Waals surface area contributed by atoms with E-state index in [0.717, 1.165) is 0 Å². The molecular weight excluding hydrogens is 326 g/mol. The molecule has 25 heavy (non-hydrogen) atoms. The lowest BCUT2D eigenvalue weighted by atomic mass is 9.96. The molecule has 7 nitrogen and oxygen atoms in total. The van der Waals surface area contributed by atoms with Crippen LogP contribution in [0, 0.1) is 5.92 Å². The number of Topliss-reactive ketones (excluding diaryl/α,β-unsaturated/α-hetero) is 1. The molecule has 0 unspecified atom stereocenters. The molecule has 1 saturated heterocycles. The molecule has 2 atom stereocenters. The highest BCUT2D eigenvalue weighted by Gasteiger charge is 2.47. The van der Waals surface area contributed by atoms with Gasteiger partial charge in [-0.3, -0.25) is 14.5 Å². The number of carbonyl (C=O) groups is 4. The summed E-state index contributed by atoms with van der Waals surface area (Å²) in [6.07, 6.45) is -0.0432. The minimum absolute atomic E-state index is 0.0432. The van der Waals surface area contributed by atoms with Crippen LogP contribution in [-0.4, -0.2) is 42.9 Å². The van der Waals surface area contributed by atoms with Crippen molar-refractivity contribution in [3.63, 3.8) is 0 Å². The second-order valence-corrected chi connectivity index (χ2v) is 5.65. The normalized spacial score (nSPS) is 19.6. The summed E-state index contributed by atoms with van der Waals surface area (Å²) in [6.45, 7) is 5.15. The monoisotopic (exact) mass is 347 g/mol. The van der Waals surface area contributed by atoms with Crippen LogP contribution in [0.25, 0.3) is 0 Å². The van der Waals surface area contributed by atoms with E-state index < -0.39 is 23.9 Å². The zero-order valence-electron chi connectivity index (χ0n) is 14.5. The molecule has 0 aliphatic carbocycles. The van der Waals surface area contributed by atoms with Crippen molar-refractivity contribution in [2.75, 3.05) is 18.1 Å². The van der Waals surface area contributed by atoms with Crippen LogP contribution in [-0.2, 0) is 23.9 Å². The van der Waals surface area contributed by atoms with E-state index >= 15 is 0 Å². The van der Waals surface area contributed by atoms with Crippen LogP contribution >= 0.6 is 0 Å². The van der Waals surface area contributed by atoms with Crippen LogP contribution in [0.5, 0.6) is 0 Å². The van der Waals surface area contributed by atoms with Crippen molar-refractivity contribution in [1.29, 1.82) is 0 Å². The molecule has 1 heterocycles. The Kier molecular flexibility index (Phi) is 5.90. The number of nitrogens with zero attached hydrogens (tertiary/aromatic N) is 1. The summed E-state index contributed by atoms with van der Waals surface area (Å²) in [7, 11) is 0. The summed E-state index contributed by atoms with van der Waals surface area (Å²) in [5, 5.41) is 0. The molecule has 1 aliphatic rings. The summed E-state index contributed by atoms with van der Waals surface area (Å²) in [6, 6.07) is 5.16. The lowest BCUT2D eigenvalue weighted by Crippen LogP contribution is -2.44. The number of amides is 1. The van der Waals surface area contributed by atoms with E-state index in [0.29, 0.717) is 11.3 Å². The van der Waals surface area contributed by atoms with Gasteiger partial charge in [-0.15, -0.1) is 0 Å². The van der Waals surface area contributed by atoms with E-state index in [2.05, 4.69) is 0 Å². The largest absolute Gasteiger partial charge is 0.464 e. The van der Waals surface area contributed by atoms with Crippen molar-refractivity contribution in [1.82, 2.24) is 0 Å². The lowest BCUT2D eigenvalue weighted by Gasteiger charge is -2.25. The van der Waals surface area contributed by atoms with Gasteiger partial charge >= 0.3 is 11.9 Å². The molecule has 1 aliphatic heterocycles. The molecule has 0 bridgehead atoms. The van der Waals surface area contributed by atoms with Gasteiger partial charge < -0.3 is 9.47 Å². The first-order valence-corrected chi connectivity index (χ1v) is 8.17. The Morgan fingerprint density at radius 3 is 2.20 bits per heavy atom. The minimum Gasteiger partial charge on any atom is -0.464 e. The van der Waals surface area contributed by atoms with Gasteiger partial charge in [0.1, 0.15) is 11.8 Å². The number of hydrogen-bond acceptors (Lipinski definition) is 6. The van der Waals surface area contributed by atoms with E-state index in [9.17, 15) is 19.2 Å². The summed E-state index contributed by atoms with van der Waals surface area (Å²) in [5.41, 5.74) is 0.771. The number of esters is 2. The smallest absolute Gasteiger partial charge is 0.338 e. The third-order valence-corrected chi connectivity index (χ3v) is 4.03. The molecule has 0 radical (unpaired) electrons. The fraction of sp³-hybridized carbons (Fsp3) is 0.444. The van der Waals surface area contributed by atoms with Gasteiger partial charge in [0.25, 0.3) is 0 Å². The van der Waals surface area contributed by atoms with Gasteiger partial charge in [0.15, 0.2) is 0 Å². The van der Waals surface area contributed by atoms with Crippen molar-refractivity contribution in [3.8, 4) is 0 Å². The highest BCUT2D eigenvalue weighted by Crippen LogP contribution is 2.32. The molecule has 7 heteroatoms. The van der Waals surface area contributed by atoms with Gasteiger partial charge in [0.05, 0.1) is 24.7 Å². The Bertz CT molecular complexity index is 681. The first-order valence-electron chi connectivity index (χ1n) is 8.17. The zero-order chi connectivity index (χ0) is 18.6. The summed E-state index contributed by atoms with van der Waals surface area (Å²) in [5.74, 6) is -2.39. The molecule has 1 amide bonds. The topological polar surface area (TPSA) is 90.0 Å². The number of benzene rings is 1. The maximum Gasteiger partial charge on any atom is 0.338 e. The van der Waals surface area contributed by atoms with Crippen molar-refractivity contribution in [2.24, 2.45) is 5.92 Å². The molecule has 1 aromatic rings.